The second kappa shape index (κ2) is 8.24. The minimum atomic E-state index is -3.93. The summed E-state index contributed by atoms with van der Waals surface area (Å²) >= 11 is 5.91. The van der Waals surface area contributed by atoms with E-state index in [1.807, 2.05) is 32.0 Å². The molecule has 0 bridgehead atoms. The van der Waals surface area contributed by atoms with Crippen LogP contribution in [0.15, 0.2) is 71.6 Å². The van der Waals surface area contributed by atoms with Crippen molar-refractivity contribution < 1.29 is 17.9 Å². The highest BCUT2D eigenvalue weighted by Gasteiger charge is 2.37. The highest BCUT2D eigenvalue weighted by atomic mass is 35.5. The summed E-state index contributed by atoms with van der Waals surface area (Å²) in [6.07, 6.45) is -1.02. The number of benzene rings is 3. The van der Waals surface area contributed by atoms with Crippen molar-refractivity contribution in [2.24, 2.45) is 0 Å². The summed E-state index contributed by atoms with van der Waals surface area (Å²) in [7, 11) is -3.93. The fourth-order valence-electron chi connectivity index (χ4n) is 3.38. The number of nitrogens with one attached hydrogen (secondary N) is 1. The Morgan fingerprint density at radius 2 is 1.77 bits per heavy atom. The van der Waals surface area contributed by atoms with Crippen LogP contribution in [-0.2, 0) is 14.8 Å². The summed E-state index contributed by atoms with van der Waals surface area (Å²) in [4.78, 5) is 13.1. The maximum absolute atomic E-state index is 13.4. The first-order valence-electron chi connectivity index (χ1n) is 9.68. The molecule has 31 heavy (non-hydrogen) atoms. The molecule has 1 N–H and O–H groups in total. The number of sulfonamides is 1. The molecule has 3 aromatic carbocycles. The van der Waals surface area contributed by atoms with Crippen LogP contribution in [-0.4, -0.2) is 27.0 Å². The minimum absolute atomic E-state index is 0.0855. The van der Waals surface area contributed by atoms with Crippen LogP contribution in [0.25, 0.3) is 0 Å². The monoisotopic (exact) mass is 456 g/mol. The van der Waals surface area contributed by atoms with E-state index in [-0.39, 0.29) is 11.4 Å². The van der Waals surface area contributed by atoms with Gasteiger partial charge in [0.2, 0.25) is 0 Å². The topological polar surface area (TPSA) is 75.7 Å². The highest BCUT2D eigenvalue weighted by molar-refractivity contribution is 7.92. The third kappa shape index (κ3) is 4.24. The van der Waals surface area contributed by atoms with Gasteiger partial charge in [-0.1, -0.05) is 35.9 Å². The van der Waals surface area contributed by atoms with Gasteiger partial charge in [-0.3, -0.25) is 9.10 Å². The van der Waals surface area contributed by atoms with E-state index < -0.39 is 22.0 Å². The van der Waals surface area contributed by atoms with Crippen molar-refractivity contribution in [1.82, 2.24) is 0 Å². The fraction of sp³-hybridized carbons (Fsp3) is 0.174. The van der Waals surface area contributed by atoms with Gasteiger partial charge in [0, 0.05) is 10.7 Å². The van der Waals surface area contributed by atoms with Crippen LogP contribution < -0.4 is 14.4 Å². The average molecular weight is 457 g/mol. The van der Waals surface area contributed by atoms with Crippen molar-refractivity contribution in [3.63, 3.8) is 0 Å². The smallest absolute Gasteiger partial charge is 0.267 e. The van der Waals surface area contributed by atoms with Gasteiger partial charge in [-0.2, -0.15) is 0 Å². The lowest BCUT2D eigenvalue weighted by Gasteiger charge is -2.34. The third-order valence-corrected chi connectivity index (χ3v) is 7.13. The van der Waals surface area contributed by atoms with Crippen molar-refractivity contribution in [3.05, 3.63) is 82.9 Å². The van der Waals surface area contributed by atoms with Crippen LogP contribution in [0.3, 0.4) is 0 Å². The number of anilines is 2. The first-order chi connectivity index (χ1) is 14.8. The molecular formula is C23H21ClN2O4S. The lowest BCUT2D eigenvalue weighted by molar-refractivity contribution is -0.122. The van der Waals surface area contributed by atoms with Gasteiger partial charge in [0.15, 0.2) is 6.10 Å². The first-order valence-corrected chi connectivity index (χ1v) is 11.5. The molecular weight excluding hydrogens is 436 g/mol. The maximum Gasteiger partial charge on any atom is 0.267 e. The van der Waals surface area contributed by atoms with Crippen LogP contribution in [0.4, 0.5) is 11.4 Å². The van der Waals surface area contributed by atoms with Crippen LogP contribution in [0.2, 0.25) is 5.02 Å². The number of halogens is 1. The number of hydrogen-bond acceptors (Lipinski definition) is 4. The number of carbonyl (C=O) groups excluding carboxylic acids is 1. The molecule has 0 aliphatic carbocycles. The first kappa shape index (κ1) is 21.2. The Kier molecular flexibility index (Phi) is 5.64. The zero-order valence-corrected chi connectivity index (χ0v) is 18.6. The van der Waals surface area contributed by atoms with E-state index in [0.717, 1.165) is 11.1 Å². The summed E-state index contributed by atoms with van der Waals surface area (Å²) < 4.78 is 33.9. The van der Waals surface area contributed by atoms with Gasteiger partial charge in [-0.15, -0.1) is 0 Å². The quantitative estimate of drug-likeness (QED) is 0.624. The zero-order chi connectivity index (χ0) is 22.2. The Hall–Kier alpha value is -3.03. The summed E-state index contributed by atoms with van der Waals surface area (Å²) in [6.45, 7) is 3.67. The largest absolute Gasteiger partial charge is 0.476 e. The minimum Gasteiger partial charge on any atom is -0.476 e. The highest BCUT2D eigenvalue weighted by Crippen LogP contribution is 2.37. The van der Waals surface area contributed by atoms with E-state index in [4.69, 9.17) is 16.3 Å². The van der Waals surface area contributed by atoms with Gasteiger partial charge < -0.3 is 10.1 Å². The second-order valence-electron chi connectivity index (χ2n) is 7.37. The van der Waals surface area contributed by atoms with E-state index >= 15 is 0 Å². The molecule has 0 spiro atoms. The molecule has 0 saturated carbocycles. The molecule has 1 atom stereocenters. The van der Waals surface area contributed by atoms with Crippen LogP contribution in [0.1, 0.15) is 11.1 Å². The van der Waals surface area contributed by atoms with Gasteiger partial charge in [-0.25, -0.2) is 8.42 Å². The van der Waals surface area contributed by atoms with Crippen molar-refractivity contribution in [2.75, 3.05) is 16.2 Å². The zero-order valence-electron chi connectivity index (χ0n) is 17.0. The standard InChI is InChI=1S/C23H21ClN2O4S/c1-15-7-8-16(2)19(13-15)25-23(27)22-14-26(20-5-3-4-6-21(20)30-22)31(28,29)18-11-9-17(24)10-12-18/h3-13,22H,14H2,1-2H3,(H,25,27). The molecule has 1 heterocycles. The Balaban J connectivity index is 1.68. The molecule has 1 aliphatic rings. The van der Waals surface area contributed by atoms with Gasteiger partial charge in [0.25, 0.3) is 15.9 Å². The van der Waals surface area contributed by atoms with Crippen LogP contribution >= 0.6 is 11.6 Å². The van der Waals surface area contributed by atoms with Crippen molar-refractivity contribution in [2.45, 2.75) is 24.8 Å². The SMILES string of the molecule is Cc1ccc(C)c(NC(=O)C2CN(S(=O)(=O)c3ccc(Cl)cc3)c3ccccc3O2)c1. The van der Waals surface area contributed by atoms with Gasteiger partial charge in [-0.05, 0) is 67.4 Å². The Labute approximate surface area is 186 Å². The molecule has 1 unspecified atom stereocenters. The molecule has 1 aliphatic heterocycles. The third-order valence-electron chi connectivity index (χ3n) is 5.08. The number of para-hydroxylation sites is 2. The lowest BCUT2D eigenvalue weighted by atomic mass is 10.1. The molecule has 6 nitrogen and oxygen atoms in total. The van der Waals surface area contributed by atoms with E-state index in [9.17, 15) is 13.2 Å². The molecule has 0 saturated heterocycles. The number of ether oxygens (including phenoxy) is 1. The normalized spacial score (nSPS) is 15.7. The van der Waals surface area contributed by atoms with Crippen LogP contribution in [0.5, 0.6) is 5.75 Å². The Bertz CT molecular complexity index is 1240. The van der Waals surface area contributed by atoms with E-state index in [1.54, 1.807) is 24.3 Å². The summed E-state index contributed by atoms with van der Waals surface area (Å²) in [5.74, 6) is -0.0908. The molecule has 4 rings (SSSR count). The maximum atomic E-state index is 13.4. The predicted molar refractivity (Wildman–Crippen MR) is 121 cm³/mol. The number of nitrogens with zero attached hydrogens (tertiary/aromatic N) is 1. The van der Waals surface area contributed by atoms with Crippen molar-refractivity contribution >= 4 is 38.9 Å². The predicted octanol–water partition coefficient (Wildman–Crippen LogP) is 4.55. The molecule has 3 aromatic rings. The molecule has 0 fully saturated rings. The van der Waals surface area contributed by atoms with Crippen molar-refractivity contribution in [1.29, 1.82) is 0 Å². The fourth-order valence-corrected chi connectivity index (χ4v) is 4.99. The number of fused-ring (bicyclic) bond motifs is 1. The Morgan fingerprint density at radius 3 is 2.52 bits per heavy atom. The number of aryl methyl sites for hydroxylation is 2. The average Bonchev–Trinajstić information content (AvgIpc) is 2.75. The van der Waals surface area contributed by atoms with Crippen molar-refractivity contribution in [3.8, 4) is 5.75 Å². The summed E-state index contributed by atoms with van der Waals surface area (Å²) in [5.41, 5.74) is 2.95. The molecule has 1 amide bonds. The molecule has 0 radical (unpaired) electrons. The van der Waals surface area contributed by atoms with Gasteiger partial charge in [0.1, 0.15) is 5.75 Å². The Morgan fingerprint density at radius 1 is 1.06 bits per heavy atom. The number of amides is 1. The molecule has 8 heteroatoms. The van der Waals surface area contributed by atoms with Gasteiger partial charge >= 0.3 is 0 Å². The summed E-state index contributed by atoms with van der Waals surface area (Å²) in [6, 6.07) is 18.4. The number of hydrogen-bond donors (Lipinski definition) is 1. The lowest BCUT2D eigenvalue weighted by Crippen LogP contribution is -2.48. The molecule has 0 aromatic heterocycles. The number of rotatable bonds is 4. The number of carbonyl (C=O) groups is 1. The van der Waals surface area contributed by atoms with Gasteiger partial charge in [0.05, 0.1) is 17.1 Å². The van der Waals surface area contributed by atoms with Crippen LogP contribution in [0, 0.1) is 13.8 Å². The van der Waals surface area contributed by atoms with E-state index in [1.165, 1.54) is 28.6 Å². The second-order valence-corrected chi connectivity index (χ2v) is 9.67. The van der Waals surface area contributed by atoms with E-state index in [2.05, 4.69) is 5.32 Å². The summed E-state index contributed by atoms with van der Waals surface area (Å²) in [5, 5.41) is 3.31. The molecule has 160 valence electrons. The van der Waals surface area contributed by atoms with E-state index in [0.29, 0.717) is 22.1 Å².